The van der Waals surface area contributed by atoms with Crippen LogP contribution in [0.25, 0.3) is 0 Å². The average Bonchev–Trinajstić information content (AvgIpc) is 3.38. The van der Waals surface area contributed by atoms with E-state index in [4.69, 9.17) is 16.3 Å². The van der Waals surface area contributed by atoms with Crippen LogP contribution in [0.15, 0.2) is 65.8 Å². The zero-order valence-electron chi connectivity index (χ0n) is 16.8. The Hall–Kier alpha value is -2.92. The number of nitrogens with zero attached hydrogens (tertiary/aromatic N) is 2. The summed E-state index contributed by atoms with van der Waals surface area (Å²) in [5.74, 6) is 0.450. The maximum absolute atomic E-state index is 12.9. The molecule has 3 fully saturated rings. The van der Waals surface area contributed by atoms with E-state index in [1.807, 2.05) is 48.5 Å². The van der Waals surface area contributed by atoms with E-state index in [0.717, 1.165) is 34.7 Å². The number of ether oxygens (including phenoxy) is 1. The fourth-order valence-corrected chi connectivity index (χ4v) is 5.82. The van der Waals surface area contributed by atoms with Gasteiger partial charge in [-0.3, -0.25) is 9.59 Å². The molecule has 4 atom stereocenters. The number of fused-ring (bicyclic) bond motifs is 3. The lowest BCUT2D eigenvalue weighted by Gasteiger charge is -2.18. The van der Waals surface area contributed by atoms with Crippen LogP contribution in [-0.2, 0) is 16.2 Å². The Morgan fingerprint density at radius 3 is 2.16 bits per heavy atom. The summed E-state index contributed by atoms with van der Waals surface area (Å²) in [6, 6.07) is 14.9. The van der Waals surface area contributed by atoms with Gasteiger partial charge in [0.15, 0.2) is 0 Å². The van der Waals surface area contributed by atoms with Gasteiger partial charge in [-0.1, -0.05) is 35.9 Å². The summed E-state index contributed by atoms with van der Waals surface area (Å²) in [4.78, 5) is 25.9. The first kappa shape index (κ1) is 18.8. The molecule has 0 aromatic heterocycles. The smallest absolute Gasteiger partial charge is 0.254 e. The second-order valence-electron chi connectivity index (χ2n) is 8.94. The molecule has 0 radical (unpaired) electrons. The van der Waals surface area contributed by atoms with Crippen LogP contribution in [0.5, 0.6) is 5.75 Å². The van der Waals surface area contributed by atoms with Crippen molar-refractivity contribution in [2.24, 2.45) is 34.2 Å². The van der Waals surface area contributed by atoms with Crippen LogP contribution in [0.1, 0.15) is 24.0 Å². The summed E-state index contributed by atoms with van der Waals surface area (Å²) in [7, 11) is 0. The SMILES string of the molecule is O=C1[C@@H]2[C@@H](C(=O)N1/N=C\c1ccc(OCc3ccc(Cl)cc3)cc1)[C@H]1C=C[C@H]2C12CC2. The van der Waals surface area contributed by atoms with Gasteiger partial charge in [-0.05, 0) is 77.6 Å². The minimum Gasteiger partial charge on any atom is -0.489 e. The third-order valence-corrected chi connectivity index (χ3v) is 7.60. The Bertz CT molecular complexity index is 1080. The highest BCUT2D eigenvalue weighted by Gasteiger charge is 2.73. The molecule has 0 unspecified atom stereocenters. The molecule has 6 heteroatoms. The van der Waals surface area contributed by atoms with E-state index >= 15 is 0 Å². The third kappa shape index (κ3) is 2.87. The largest absolute Gasteiger partial charge is 0.489 e. The number of hydrazone groups is 1. The lowest BCUT2D eigenvalue weighted by atomic mass is 9.85. The Labute approximate surface area is 185 Å². The van der Waals surface area contributed by atoms with Crippen LogP contribution in [0, 0.1) is 29.1 Å². The van der Waals surface area contributed by atoms with Gasteiger partial charge in [0.2, 0.25) is 0 Å². The molecule has 31 heavy (non-hydrogen) atoms. The van der Waals surface area contributed by atoms with Gasteiger partial charge in [0, 0.05) is 5.02 Å². The fourth-order valence-electron chi connectivity index (χ4n) is 5.70. The zero-order chi connectivity index (χ0) is 21.2. The van der Waals surface area contributed by atoms with Crippen LogP contribution >= 0.6 is 11.6 Å². The molecule has 156 valence electrons. The van der Waals surface area contributed by atoms with Crippen molar-refractivity contribution in [1.82, 2.24) is 5.01 Å². The predicted molar refractivity (Wildman–Crippen MR) is 116 cm³/mol. The minimum atomic E-state index is -0.217. The number of halogens is 1. The maximum atomic E-state index is 12.9. The molecule has 1 heterocycles. The molecule has 1 saturated heterocycles. The second-order valence-corrected chi connectivity index (χ2v) is 9.37. The van der Waals surface area contributed by atoms with Crippen molar-refractivity contribution in [3.8, 4) is 5.75 Å². The average molecular weight is 433 g/mol. The highest BCUT2D eigenvalue weighted by atomic mass is 35.5. The van der Waals surface area contributed by atoms with Gasteiger partial charge in [-0.25, -0.2) is 0 Å². The van der Waals surface area contributed by atoms with Crippen LogP contribution in [-0.4, -0.2) is 23.0 Å². The highest BCUT2D eigenvalue weighted by Crippen LogP contribution is 2.73. The molecule has 2 saturated carbocycles. The summed E-state index contributed by atoms with van der Waals surface area (Å²) >= 11 is 5.90. The lowest BCUT2D eigenvalue weighted by Crippen LogP contribution is -2.30. The maximum Gasteiger partial charge on any atom is 0.254 e. The first-order valence-corrected chi connectivity index (χ1v) is 11.0. The van der Waals surface area contributed by atoms with E-state index in [9.17, 15) is 9.59 Å². The first-order valence-electron chi connectivity index (χ1n) is 10.6. The van der Waals surface area contributed by atoms with E-state index in [2.05, 4.69) is 17.3 Å². The summed E-state index contributed by atoms with van der Waals surface area (Å²) in [6.45, 7) is 0.446. The molecule has 4 aliphatic rings. The van der Waals surface area contributed by atoms with Crippen LogP contribution < -0.4 is 4.74 Å². The summed E-state index contributed by atoms with van der Waals surface area (Å²) in [6.07, 6.45) is 8.18. The number of imide groups is 1. The van der Waals surface area contributed by atoms with Gasteiger partial charge >= 0.3 is 0 Å². The third-order valence-electron chi connectivity index (χ3n) is 7.35. The van der Waals surface area contributed by atoms with Gasteiger partial charge in [-0.2, -0.15) is 10.1 Å². The van der Waals surface area contributed by atoms with E-state index in [1.54, 1.807) is 6.21 Å². The standard InChI is InChI=1S/C25H21ClN2O3/c26-17-5-1-16(2-6-17)14-31-18-7-3-15(4-8-18)13-27-28-23(29)21-19-9-10-20(22(21)24(28)30)25(19)11-12-25/h1-10,13,19-22H,11-12,14H2/b27-13-/t19-,20-,21+,22+/m1/s1. The van der Waals surface area contributed by atoms with E-state index in [-0.39, 0.29) is 40.9 Å². The van der Waals surface area contributed by atoms with Crippen molar-refractivity contribution < 1.29 is 14.3 Å². The molecule has 2 aromatic rings. The number of carbonyl (C=O) groups is 2. The van der Waals surface area contributed by atoms with Crippen molar-refractivity contribution in [3.05, 3.63) is 76.8 Å². The van der Waals surface area contributed by atoms with E-state index < -0.39 is 0 Å². The van der Waals surface area contributed by atoms with E-state index in [1.165, 1.54) is 0 Å². The van der Waals surface area contributed by atoms with Crippen molar-refractivity contribution >= 4 is 29.6 Å². The van der Waals surface area contributed by atoms with E-state index in [0.29, 0.717) is 11.6 Å². The zero-order valence-corrected chi connectivity index (χ0v) is 17.5. The van der Waals surface area contributed by atoms with Gasteiger partial charge in [0.05, 0.1) is 18.1 Å². The number of amides is 2. The Kier molecular flexibility index (Phi) is 4.12. The molecule has 6 rings (SSSR count). The first-order chi connectivity index (χ1) is 15.1. The van der Waals surface area contributed by atoms with Crippen LogP contribution in [0.2, 0.25) is 5.02 Å². The van der Waals surface area contributed by atoms with Crippen LogP contribution in [0.3, 0.4) is 0 Å². The van der Waals surface area contributed by atoms with Gasteiger partial charge in [-0.15, -0.1) is 0 Å². The number of hydrogen-bond acceptors (Lipinski definition) is 4. The van der Waals surface area contributed by atoms with Crippen molar-refractivity contribution in [3.63, 3.8) is 0 Å². The molecule has 5 nitrogen and oxygen atoms in total. The van der Waals surface area contributed by atoms with Crippen molar-refractivity contribution in [1.29, 1.82) is 0 Å². The molecular weight excluding hydrogens is 412 g/mol. The molecule has 1 aliphatic heterocycles. The number of rotatable bonds is 5. The van der Waals surface area contributed by atoms with Crippen LogP contribution in [0.4, 0.5) is 0 Å². The quantitative estimate of drug-likeness (QED) is 0.398. The second kappa shape index (κ2) is 6.79. The fraction of sp³-hybridized carbons (Fsp3) is 0.320. The number of hydrogen-bond donors (Lipinski definition) is 0. The molecule has 0 N–H and O–H groups in total. The molecule has 2 bridgehead atoms. The Morgan fingerprint density at radius 2 is 1.58 bits per heavy atom. The molecule has 3 aliphatic carbocycles. The summed E-state index contributed by atoms with van der Waals surface area (Å²) in [5, 5.41) is 6.06. The normalized spacial score (nSPS) is 29.4. The summed E-state index contributed by atoms with van der Waals surface area (Å²) < 4.78 is 5.79. The monoisotopic (exact) mass is 432 g/mol. The predicted octanol–water partition coefficient (Wildman–Crippen LogP) is 4.45. The lowest BCUT2D eigenvalue weighted by molar-refractivity contribution is -0.141. The van der Waals surface area contributed by atoms with Crippen molar-refractivity contribution in [2.75, 3.05) is 0 Å². The van der Waals surface area contributed by atoms with Gasteiger partial charge < -0.3 is 4.74 Å². The number of benzene rings is 2. The van der Waals surface area contributed by atoms with Gasteiger partial charge in [0.25, 0.3) is 11.8 Å². The molecule has 2 amide bonds. The summed E-state index contributed by atoms with van der Waals surface area (Å²) in [5.41, 5.74) is 2.04. The topological polar surface area (TPSA) is 59.0 Å². The van der Waals surface area contributed by atoms with Gasteiger partial charge in [0.1, 0.15) is 12.4 Å². The molecular formula is C25H21ClN2O3. The molecule has 1 spiro atoms. The Morgan fingerprint density at radius 1 is 0.968 bits per heavy atom. The minimum absolute atomic E-state index is 0.141. The van der Waals surface area contributed by atoms with Crippen molar-refractivity contribution in [2.45, 2.75) is 19.4 Å². The number of carbonyl (C=O) groups excluding carboxylic acids is 2. The molecule has 2 aromatic carbocycles. The Balaban J connectivity index is 1.11. The number of allylic oxidation sites excluding steroid dienone is 2. The highest BCUT2D eigenvalue weighted by molar-refractivity contribution is 6.30.